The Morgan fingerprint density at radius 2 is 2.43 bits per heavy atom. The van der Waals surface area contributed by atoms with Gasteiger partial charge in [-0.3, -0.25) is 0 Å². The van der Waals surface area contributed by atoms with E-state index in [4.69, 9.17) is 0 Å². The highest BCUT2D eigenvalue weighted by Gasteiger charge is 2.21. The minimum Gasteiger partial charge on any atom is -0.316 e. The van der Waals surface area contributed by atoms with Crippen molar-refractivity contribution in [3.8, 4) is 0 Å². The van der Waals surface area contributed by atoms with Gasteiger partial charge in [0.1, 0.15) is 12.2 Å². The van der Waals surface area contributed by atoms with Gasteiger partial charge in [-0.2, -0.15) is 0 Å². The first-order valence-electron chi connectivity index (χ1n) is 5.39. The molecule has 1 aliphatic rings. The van der Waals surface area contributed by atoms with Crippen LogP contribution in [0.1, 0.15) is 44.5 Å². The smallest absolute Gasteiger partial charge is 0.137 e. The number of nitrogens with one attached hydrogen (secondary N) is 1. The van der Waals surface area contributed by atoms with E-state index in [2.05, 4.69) is 33.9 Å². The van der Waals surface area contributed by atoms with Crippen LogP contribution in [0.25, 0.3) is 0 Å². The molecule has 0 unspecified atom stereocenters. The Morgan fingerprint density at radius 1 is 1.57 bits per heavy atom. The van der Waals surface area contributed by atoms with Crippen molar-refractivity contribution in [1.82, 2.24) is 20.1 Å². The van der Waals surface area contributed by atoms with Crippen LogP contribution < -0.4 is 5.32 Å². The summed E-state index contributed by atoms with van der Waals surface area (Å²) < 4.78 is 2.18. The monoisotopic (exact) mass is 194 g/mol. The fourth-order valence-corrected chi connectivity index (χ4v) is 2.01. The summed E-state index contributed by atoms with van der Waals surface area (Å²) in [5.41, 5.74) is 0. The number of piperidine rings is 1. The van der Waals surface area contributed by atoms with Gasteiger partial charge in [-0.1, -0.05) is 0 Å². The van der Waals surface area contributed by atoms with Gasteiger partial charge >= 0.3 is 0 Å². The van der Waals surface area contributed by atoms with Crippen LogP contribution in [0.3, 0.4) is 0 Å². The highest BCUT2D eigenvalue weighted by Crippen LogP contribution is 2.22. The third kappa shape index (κ3) is 1.80. The van der Waals surface area contributed by atoms with Crippen molar-refractivity contribution in [1.29, 1.82) is 0 Å². The molecule has 1 saturated heterocycles. The molecular formula is C10H18N4. The van der Waals surface area contributed by atoms with Gasteiger partial charge in [0.25, 0.3) is 0 Å². The van der Waals surface area contributed by atoms with Gasteiger partial charge in [-0.05, 0) is 33.2 Å². The van der Waals surface area contributed by atoms with Crippen LogP contribution in [0.5, 0.6) is 0 Å². The highest BCUT2D eigenvalue weighted by molar-refractivity contribution is 5.00. The van der Waals surface area contributed by atoms with Gasteiger partial charge < -0.3 is 9.88 Å². The average molecular weight is 194 g/mol. The first kappa shape index (κ1) is 9.65. The minimum atomic E-state index is 0.460. The van der Waals surface area contributed by atoms with E-state index in [-0.39, 0.29) is 0 Å². The molecule has 4 heteroatoms. The topological polar surface area (TPSA) is 42.7 Å². The van der Waals surface area contributed by atoms with Gasteiger partial charge in [0, 0.05) is 18.5 Å². The van der Waals surface area contributed by atoms with E-state index in [1.165, 1.54) is 12.8 Å². The van der Waals surface area contributed by atoms with E-state index in [0.717, 1.165) is 18.9 Å². The lowest BCUT2D eigenvalue weighted by Crippen LogP contribution is -2.30. The van der Waals surface area contributed by atoms with Crippen molar-refractivity contribution in [2.75, 3.05) is 13.1 Å². The fourth-order valence-electron chi connectivity index (χ4n) is 2.01. The minimum absolute atomic E-state index is 0.460. The van der Waals surface area contributed by atoms with Crippen LogP contribution in [-0.4, -0.2) is 27.9 Å². The first-order chi connectivity index (χ1) is 6.79. The summed E-state index contributed by atoms with van der Waals surface area (Å²) in [7, 11) is 0. The predicted molar refractivity (Wildman–Crippen MR) is 55.3 cm³/mol. The normalized spacial score (nSPS) is 22.9. The first-order valence-corrected chi connectivity index (χ1v) is 5.39. The molecule has 4 nitrogen and oxygen atoms in total. The van der Waals surface area contributed by atoms with Crippen LogP contribution in [0, 0.1) is 0 Å². The van der Waals surface area contributed by atoms with Crippen molar-refractivity contribution < 1.29 is 0 Å². The number of hydrogen-bond donors (Lipinski definition) is 1. The quantitative estimate of drug-likeness (QED) is 0.772. The Kier molecular flexibility index (Phi) is 2.82. The van der Waals surface area contributed by atoms with E-state index < -0.39 is 0 Å². The third-order valence-electron chi connectivity index (χ3n) is 2.82. The van der Waals surface area contributed by atoms with E-state index in [0.29, 0.717) is 12.0 Å². The molecule has 0 amide bonds. The van der Waals surface area contributed by atoms with Crippen LogP contribution in [0.2, 0.25) is 0 Å². The molecular weight excluding hydrogens is 176 g/mol. The van der Waals surface area contributed by atoms with Gasteiger partial charge in [-0.15, -0.1) is 10.2 Å². The third-order valence-corrected chi connectivity index (χ3v) is 2.82. The number of rotatable bonds is 2. The molecule has 1 aliphatic heterocycles. The van der Waals surface area contributed by atoms with Crippen LogP contribution in [-0.2, 0) is 0 Å². The Morgan fingerprint density at radius 3 is 3.07 bits per heavy atom. The molecule has 1 aromatic rings. The fraction of sp³-hybridized carbons (Fsp3) is 0.800. The second-order valence-corrected chi connectivity index (χ2v) is 4.23. The van der Waals surface area contributed by atoms with E-state index in [9.17, 15) is 0 Å². The summed E-state index contributed by atoms with van der Waals surface area (Å²) in [6.45, 7) is 6.53. The van der Waals surface area contributed by atoms with Crippen molar-refractivity contribution in [2.45, 2.75) is 38.6 Å². The molecule has 78 valence electrons. The van der Waals surface area contributed by atoms with Crippen LogP contribution in [0.4, 0.5) is 0 Å². The molecule has 0 saturated carbocycles. The average Bonchev–Trinajstić information content (AvgIpc) is 2.67. The molecule has 1 N–H and O–H groups in total. The zero-order chi connectivity index (χ0) is 9.97. The van der Waals surface area contributed by atoms with Gasteiger partial charge in [0.15, 0.2) is 0 Å². The molecule has 1 aromatic heterocycles. The van der Waals surface area contributed by atoms with E-state index in [1.807, 2.05) is 6.33 Å². The van der Waals surface area contributed by atoms with Gasteiger partial charge in [0.05, 0.1) is 0 Å². The molecule has 14 heavy (non-hydrogen) atoms. The Labute approximate surface area is 84.7 Å². The second kappa shape index (κ2) is 4.09. The Bertz CT molecular complexity index is 286. The lowest BCUT2D eigenvalue weighted by molar-refractivity contribution is 0.422. The van der Waals surface area contributed by atoms with Gasteiger partial charge in [0.2, 0.25) is 0 Å². The van der Waals surface area contributed by atoms with E-state index >= 15 is 0 Å². The summed E-state index contributed by atoms with van der Waals surface area (Å²) >= 11 is 0. The SMILES string of the molecule is CC(C)n1cnnc1[C@H]1CCCNC1. The lowest BCUT2D eigenvalue weighted by Gasteiger charge is -2.23. The number of hydrogen-bond acceptors (Lipinski definition) is 3. The Balaban J connectivity index is 2.17. The van der Waals surface area contributed by atoms with Crippen LogP contribution >= 0.6 is 0 Å². The standard InChI is InChI=1S/C10H18N4/c1-8(2)14-7-12-13-10(14)9-4-3-5-11-6-9/h7-9,11H,3-6H2,1-2H3/t9-/m0/s1. The van der Waals surface area contributed by atoms with Crippen molar-refractivity contribution in [3.05, 3.63) is 12.2 Å². The molecule has 1 fully saturated rings. The summed E-state index contributed by atoms with van der Waals surface area (Å²) in [6.07, 6.45) is 4.32. The Hall–Kier alpha value is -0.900. The molecule has 0 bridgehead atoms. The predicted octanol–water partition coefficient (Wildman–Crippen LogP) is 1.33. The van der Waals surface area contributed by atoms with E-state index in [1.54, 1.807) is 0 Å². The second-order valence-electron chi connectivity index (χ2n) is 4.23. The number of aromatic nitrogens is 3. The molecule has 1 atom stereocenters. The van der Waals surface area contributed by atoms with Crippen LogP contribution in [0.15, 0.2) is 6.33 Å². The molecule has 2 rings (SSSR count). The summed E-state index contributed by atoms with van der Waals surface area (Å²) in [4.78, 5) is 0. The molecule has 0 radical (unpaired) electrons. The summed E-state index contributed by atoms with van der Waals surface area (Å²) in [6, 6.07) is 0.460. The van der Waals surface area contributed by atoms with Gasteiger partial charge in [-0.25, -0.2) is 0 Å². The highest BCUT2D eigenvalue weighted by atomic mass is 15.3. The molecule has 0 aliphatic carbocycles. The molecule has 2 heterocycles. The zero-order valence-corrected chi connectivity index (χ0v) is 8.90. The van der Waals surface area contributed by atoms with Crippen molar-refractivity contribution in [3.63, 3.8) is 0 Å². The number of nitrogens with zero attached hydrogens (tertiary/aromatic N) is 3. The molecule has 0 spiro atoms. The maximum Gasteiger partial charge on any atom is 0.137 e. The zero-order valence-electron chi connectivity index (χ0n) is 8.90. The summed E-state index contributed by atoms with van der Waals surface area (Å²) in [5, 5.41) is 11.6. The van der Waals surface area contributed by atoms with Crippen molar-refractivity contribution >= 4 is 0 Å². The maximum absolute atomic E-state index is 4.23. The maximum atomic E-state index is 4.23. The summed E-state index contributed by atoms with van der Waals surface area (Å²) in [5.74, 6) is 1.70. The lowest BCUT2D eigenvalue weighted by atomic mass is 9.98. The molecule has 0 aromatic carbocycles. The largest absolute Gasteiger partial charge is 0.316 e. The van der Waals surface area contributed by atoms with Crippen molar-refractivity contribution in [2.24, 2.45) is 0 Å².